The van der Waals surface area contributed by atoms with Gasteiger partial charge in [-0.05, 0) is 50.9 Å². The summed E-state index contributed by atoms with van der Waals surface area (Å²) in [7, 11) is 0. The lowest BCUT2D eigenvalue weighted by molar-refractivity contribution is 0.0520. The Labute approximate surface area is 129 Å². The van der Waals surface area contributed by atoms with E-state index in [4.69, 9.17) is 14.0 Å². The normalized spacial score (nSPS) is 11.5. The molecule has 2 rings (SSSR count). The summed E-state index contributed by atoms with van der Waals surface area (Å²) in [6.45, 7) is 10.00. The summed E-state index contributed by atoms with van der Waals surface area (Å²) in [5, 5.41) is 7.46. The minimum atomic E-state index is -0.512. The number of nitrogens with one attached hydrogen (secondary N) is 1. The minimum absolute atomic E-state index is 0.286. The van der Waals surface area contributed by atoms with Crippen LogP contribution in [-0.2, 0) is 4.74 Å². The number of benzene rings is 1. The van der Waals surface area contributed by atoms with Crippen LogP contribution in [0.2, 0.25) is 0 Å². The molecule has 0 aliphatic carbocycles. The van der Waals surface area contributed by atoms with Crippen molar-refractivity contribution in [2.24, 2.45) is 0 Å². The van der Waals surface area contributed by atoms with E-state index in [1.54, 1.807) is 0 Å². The number of hydrogen-bond donors (Lipinski definition) is 1. The molecule has 1 N–H and O–H groups in total. The first-order valence-corrected chi connectivity index (χ1v) is 7.23. The summed E-state index contributed by atoms with van der Waals surface area (Å²) in [6, 6.07) is 3.98. The van der Waals surface area contributed by atoms with E-state index in [0.29, 0.717) is 12.4 Å². The Morgan fingerprint density at radius 1 is 1.27 bits per heavy atom. The summed E-state index contributed by atoms with van der Waals surface area (Å²) in [6.07, 6.45) is -0.465. The second-order valence-corrected chi connectivity index (χ2v) is 6.17. The van der Waals surface area contributed by atoms with Crippen LogP contribution in [0.1, 0.15) is 31.9 Å². The molecule has 6 nitrogen and oxygen atoms in total. The highest BCUT2D eigenvalue weighted by molar-refractivity contribution is 5.87. The van der Waals surface area contributed by atoms with Gasteiger partial charge in [-0.15, -0.1) is 0 Å². The van der Waals surface area contributed by atoms with E-state index < -0.39 is 11.7 Å². The van der Waals surface area contributed by atoms with Crippen LogP contribution in [0.3, 0.4) is 0 Å². The fourth-order valence-corrected chi connectivity index (χ4v) is 2.01. The van der Waals surface area contributed by atoms with Gasteiger partial charge in [0.15, 0.2) is 5.58 Å². The van der Waals surface area contributed by atoms with E-state index >= 15 is 0 Å². The van der Waals surface area contributed by atoms with Crippen LogP contribution < -0.4 is 10.1 Å². The number of aromatic nitrogens is 1. The zero-order valence-electron chi connectivity index (χ0n) is 13.6. The lowest BCUT2D eigenvalue weighted by atomic mass is 10.1. The predicted molar refractivity (Wildman–Crippen MR) is 83.2 cm³/mol. The van der Waals surface area contributed by atoms with Gasteiger partial charge in [0, 0.05) is 0 Å². The van der Waals surface area contributed by atoms with E-state index in [9.17, 15) is 4.79 Å². The van der Waals surface area contributed by atoms with E-state index in [2.05, 4.69) is 10.5 Å². The molecule has 1 heterocycles. The number of carbonyl (C=O) groups is 1. The van der Waals surface area contributed by atoms with Gasteiger partial charge >= 0.3 is 6.09 Å². The molecule has 0 radical (unpaired) electrons. The second kappa shape index (κ2) is 6.25. The number of ether oxygens (including phenoxy) is 2. The molecule has 6 heteroatoms. The number of alkyl carbamates (subject to hydrolysis) is 1. The summed E-state index contributed by atoms with van der Waals surface area (Å²) < 4.78 is 16.1. The Bertz CT molecular complexity index is 671. The summed E-state index contributed by atoms with van der Waals surface area (Å²) in [4.78, 5) is 11.5. The fourth-order valence-electron chi connectivity index (χ4n) is 2.01. The first kappa shape index (κ1) is 16.1. The highest BCUT2D eigenvalue weighted by atomic mass is 16.6. The molecule has 120 valence electrons. The molecule has 0 atom stereocenters. The zero-order chi connectivity index (χ0) is 16.3. The highest BCUT2D eigenvalue weighted by Crippen LogP contribution is 2.30. The molecular formula is C16H22N2O4. The topological polar surface area (TPSA) is 73.6 Å². The Morgan fingerprint density at radius 2 is 1.95 bits per heavy atom. The van der Waals surface area contributed by atoms with Gasteiger partial charge in [-0.2, -0.15) is 0 Å². The monoisotopic (exact) mass is 306 g/mol. The molecular weight excluding hydrogens is 284 g/mol. The van der Waals surface area contributed by atoms with Gasteiger partial charge in [-0.25, -0.2) is 4.79 Å². The van der Waals surface area contributed by atoms with Crippen molar-refractivity contribution in [2.45, 2.75) is 40.2 Å². The predicted octanol–water partition coefficient (Wildman–Crippen LogP) is 3.35. The standard InChI is InChI=1S/C16H22N2O4/c1-10-6-7-11(2)13-12(10)14(18-22-13)20-9-8-17-15(19)21-16(3,4)5/h6-7H,8-9H2,1-5H3,(H,17,19). The van der Waals surface area contributed by atoms with E-state index in [1.165, 1.54) is 0 Å². The molecule has 0 aliphatic rings. The summed E-state index contributed by atoms with van der Waals surface area (Å²) in [5.41, 5.74) is 2.27. The quantitative estimate of drug-likeness (QED) is 0.877. The van der Waals surface area contributed by atoms with Crippen molar-refractivity contribution in [3.63, 3.8) is 0 Å². The van der Waals surface area contributed by atoms with Gasteiger partial charge < -0.3 is 19.3 Å². The highest BCUT2D eigenvalue weighted by Gasteiger charge is 2.16. The van der Waals surface area contributed by atoms with E-state index in [1.807, 2.05) is 46.8 Å². The van der Waals surface area contributed by atoms with Crippen molar-refractivity contribution < 1.29 is 18.8 Å². The summed E-state index contributed by atoms with van der Waals surface area (Å²) in [5.74, 6) is 0.446. The molecule has 0 saturated heterocycles. The average molecular weight is 306 g/mol. The molecule has 1 aromatic heterocycles. The Morgan fingerprint density at radius 3 is 2.64 bits per heavy atom. The van der Waals surface area contributed by atoms with Crippen LogP contribution in [0.5, 0.6) is 5.88 Å². The molecule has 1 amide bonds. The third-order valence-corrected chi connectivity index (χ3v) is 3.01. The Kier molecular flexibility index (Phi) is 4.59. The number of amides is 1. The second-order valence-electron chi connectivity index (χ2n) is 6.17. The molecule has 0 saturated carbocycles. The number of nitrogens with zero attached hydrogens (tertiary/aromatic N) is 1. The van der Waals surface area contributed by atoms with Crippen LogP contribution in [-0.4, -0.2) is 30.0 Å². The zero-order valence-corrected chi connectivity index (χ0v) is 13.6. The molecule has 0 bridgehead atoms. The van der Waals surface area contributed by atoms with Gasteiger partial charge in [0.05, 0.1) is 11.9 Å². The number of aryl methyl sites for hydroxylation is 2. The number of rotatable bonds is 4. The van der Waals surface area contributed by atoms with Crippen LogP contribution >= 0.6 is 0 Å². The van der Waals surface area contributed by atoms with Crippen molar-refractivity contribution >= 4 is 17.1 Å². The maximum atomic E-state index is 11.5. The number of carbonyl (C=O) groups excluding carboxylic acids is 1. The molecule has 22 heavy (non-hydrogen) atoms. The largest absolute Gasteiger partial charge is 0.473 e. The van der Waals surface area contributed by atoms with Gasteiger partial charge in [0.2, 0.25) is 0 Å². The maximum absolute atomic E-state index is 11.5. The summed E-state index contributed by atoms with van der Waals surface area (Å²) >= 11 is 0. The van der Waals surface area contributed by atoms with Crippen LogP contribution in [0.25, 0.3) is 11.0 Å². The van der Waals surface area contributed by atoms with E-state index in [-0.39, 0.29) is 6.61 Å². The van der Waals surface area contributed by atoms with Gasteiger partial charge in [0.25, 0.3) is 5.88 Å². The van der Waals surface area contributed by atoms with Gasteiger partial charge in [-0.3, -0.25) is 0 Å². The Balaban J connectivity index is 1.91. The first-order chi connectivity index (χ1) is 10.3. The first-order valence-electron chi connectivity index (χ1n) is 7.23. The lowest BCUT2D eigenvalue weighted by Crippen LogP contribution is -2.34. The van der Waals surface area contributed by atoms with Crippen LogP contribution in [0, 0.1) is 13.8 Å². The van der Waals surface area contributed by atoms with Crippen molar-refractivity contribution in [3.05, 3.63) is 23.3 Å². The minimum Gasteiger partial charge on any atom is -0.473 e. The third kappa shape index (κ3) is 3.90. The average Bonchev–Trinajstić information content (AvgIpc) is 2.82. The van der Waals surface area contributed by atoms with Gasteiger partial charge in [0.1, 0.15) is 12.2 Å². The van der Waals surface area contributed by atoms with Crippen LogP contribution in [0.15, 0.2) is 16.7 Å². The smallest absolute Gasteiger partial charge is 0.407 e. The number of fused-ring (bicyclic) bond motifs is 1. The van der Waals surface area contributed by atoms with Crippen molar-refractivity contribution in [1.82, 2.24) is 10.5 Å². The molecule has 0 unspecified atom stereocenters. The van der Waals surface area contributed by atoms with Crippen molar-refractivity contribution in [1.29, 1.82) is 0 Å². The molecule has 0 aliphatic heterocycles. The Hall–Kier alpha value is -2.24. The SMILES string of the molecule is Cc1ccc(C)c2c(OCCNC(=O)OC(C)(C)C)noc12. The molecule has 0 fully saturated rings. The third-order valence-electron chi connectivity index (χ3n) is 3.01. The van der Waals surface area contributed by atoms with E-state index in [0.717, 1.165) is 22.1 Å². The molecule has 2 aromatic rings. The molecule has 1 aromatic carbocycles. The van der Waals surface area contributed by atoms with Gasteiger partial charge in [-0.1, -0.05) is 12.1 Å². The lowest BCUT2D eigenvalue weighted by Gasteiger charge is -2.19. The fraction of sp³-hybridized carbons (Fsp3) is 0.500. The van der Waals surface area contributed by atoms with Crippen LogP contribution in [0.4, 0.5) is 4.79 Å². The van der Waals surface area contributed by atoms with Crippen molar-refractivity contribution in [3.8, 4) is 5.88 Å². The maximum Gasteiger partial charge on any atom is 0.407 e. The molecule has 0 spiro atoms. The number of hydrogen-bond acceptors (Lipinski definition) is 5. The van der Waals surface area contributed by atoms with Crippen molar-refractivity contribution in [2.75, 3.05) is 13.2 Å².